The third kappa shape index (κ3) is 4.13. The predicted octanol–water partition coefficient (Wildman–Crippen LogP) is 3.77. The van der Waals surface area contributed by atoms with Crippen LogP contribution in [0.5, 0.6) is 0 Å². The molecule has 0 bridgehead atoms. The van der Waals surface area contributed by atoms with Crippen molar-refractivity contribution in [3.8, 4) is 0 Å². The zero-order valence-corrected chi connectivity index (χ0v) is 12.2. The fourth-order valence-corrected chi connectivity index (χ4v) is 3.49. The quantitative estimate of drug-likeness (QED) is 0.863. The van der Waals surface area contributed by atoms with Gasteiger partial charge in [-0.2, -0.15) is 0 Å². The van der Waals surface area contributed by atoms with E-state index in [9.17, 15) is 4.79 Å². The van der Waals surface area contributed by atoms with E-state index < -0.39 is 0 Å². The minimum Gasteiger partial charge on any atom is -0.353 e. The summed E-state index contributed by atoms with van der Waals surface area (Å²) in [5.74, 6) is 0.231. The number of rotatable bonds is 5. The normalized spacial score (nSPS) is 22.0. The first-order chi connectivity index (χ1) is 8.55. The maximum atomic E-state index is 11.8. The largest absolute Gasteiger partial charge is 0.353 e. The van der Waals surface area contributed by atoms with Crippen molar-refractivity contribution in [1.82, 2.24) is 5.32 Å². The fraction of sp³-hybridized carbons (Fsp3) is 0.667. The van der Waals surface area contributed by atoms with E-state index in [1.54, 1.807) is 11.3 Å². The van der Waals surface area contributed by atoms with Crippen molar-refractivity contribution in [2.24, 2.45) is 5.41 Å². The first-order valence-corrected chi connectivity index (χ1v) is 7.75. The van der Waals surface area contributed by atoms with E-state index in [1.807, 2.05) is 0 Å². The molecule has 18 heavy (non-hydrogen) atoms. The molecule has 1 heterocycles. The van der Waals surface area contributed by atoms with Gasteiger partial charge < -0.3 is 5.32 Å². The van der Waals surface area contributed by atoms with Crippen LogP contribution < -0.4 is 5.32 Å². The third-order valence-corrected chi connectivity index (χ3v) is 4.68. The Morgan fingerprint density at radius 1 is 1.56 bits per heavy atom. The maximum absolute atomic E-state index is 11.8. The van der Waals surface area contributed by atoms with Crippen LogP contribution >= 0.6 is 11.3 Å². The van der Waals surface area contributed by atoms with E-state index in [0.29, 0.717) is 17.9 Å². The molecule has 1 saturated carbocycles. The Morgan fingerprint density at radius 3 is 3.00 bits per heavy atom. The van der Waals surface area contributed by atoms with Gasteiger partial charge in [-0.25, -0.2) is 0 Å². The summed E-state index contributed by atoms with van der Waals surface area (Å²) in [5.41, 5.74) is 0.412. The van der Waals surface area contributed by atoms with Crippen LogP contribution in [-0.4, -0.2) is 11.9 Å². The summed E-state index contributed by atoms with van der Waals surface area (Å²) in [7, 11) is 0. The molecule has 100 valence electrons. The minimum absolute atomic E-state index is 0.231. The molecule has 1 atom stereocenters. The molecule has 1 aliphatic carbocycles. The molecule has 1 aromatic rings. The highest BCUT2D eigenvalue weighted by atomic mass is 32.1. The monoisotopic (exact) mass is 265 g/mol. The molecule has 1 aliphatic rings. The second-order valence-electron chi connectivity index (χ2n) is 6.10. The van der Waals surface area contributed by atoms with Crippen molar-refractivity contribution in [3.05, 3.63) is 22.4 Å². The predicted molar refractivity (Wildman–Crippen MR) is 76.8 cm³/mol. The summed E-state index contributed by atoms with van der Waals surface area (Å²) in [4.78, 5) is 13.2. The molecule has 2 rings (SSSR count). The van der Waals surface area contributed by atoms with Crippen LogP contribution in [-0.2, 0) is 11.2 Å². The minimum atomic E-state index is 0.231. The van der Waals surface area contributed by atoms with Gasteiger partial charge in [0.05, 0.1) is 0 Å². The third-order valence-electron chi connectivity index (χ3n) is 3.74. The molecule has 0 aliphatic heterocycles. The molecule has 1 amide bonds. The Morgan fingerprint density at radius 2 is 2.39 bits per heavy atom. The molecule has 0 radical (unpaired) electrons. The topological polar surface area (TPSA) is 29.1 Å². The van der Waals surface area contributed by atoms with E-state index in [2.05, 4.69) is 36.7 Å². The van der Waals surface area contributed by atoms with Crippen LogP contribution in [0.3, 0.4) is 0 Å². The lowest BCUT2D eigenvalue weighted by Gasteiger charge is -2.17. The second kappa shape index (κ2) is 5.87. The van der Waals surface area contributed by atoms with Gasteiger partial charge in [-0.15, -0.1) is 11.3 Å². The van der Waals surface area contributed by atoms with E-state index >= 15 is 0 Å². The molecule has 0 saturated heterocycles. The van der Waals surface area contributed by atoms with Crippen LogP contribution in [0.4, 0.5) is 0 Å². The molecule has 2 nitrogen and oxygen atoms in total. The van der Waals surface area contributed by atoms with Crippen molar-refractivity contribution < 1.29 is 4.79 Å². The van der Waals surface area contributed by atoms with Crippen LogP contribution in [0.1, 0.15) is 50.8 Å². The Labute approximate surface area is 114 Å². The summed E-state index contributed by atoms with van der Waals surface area (Å²) in [6.45, 7) is 4.58. The number of amides is 1. The van der Waals surface area contributed by atoms with Crippen molar-refractivity contribution >= 4 is 17.2 Å². The highest BCUT2D eigenvalue weighted by Crippen LogP contribution is 2.36. The molecule has 1 fully saturated rings. The Hall–Kier alpha value is -0.830. The number of thiophene rings is 1. The van der Waals surface area contributed by atoms with E-state index in [0.717, 1.165) is 25.7 Å². The standard InChI is InChI=1S/C15H23NOS/c1-15(2)9-8-12(11-15)16-14(17)7-3-5-13-6-4-10-18-13/h4,6,10,12H,3,5,7-9,11H2,1-2H3,(H,16,17). The Kier molecular flexibility index (Phi) is 4.44. The molecule has 0 spiro atoms. The molecule has 1 unspecified atom stereocenters. The lowest BCUT2D eigenvalue weighted by atomic mass is 9.92. The lowest BCUT2D eigenvalue weighted by molar-refractivity contribution is -0.121. The average Bonchev–Trinajstić information content (AvgIpc) is 2.88. The van der Waals surface area contributed by atoms with E-state index in [1.165, 1.54) is 11.3 Å². The van der Waals surface area contributed by atoms with Gasteiger partial charge in [-0.3, -0.25) is 4.79 Å². The van der Waals surface area contributed by atoms with Crippen LogP contribution in [0.15, 0.2) is 17.5 Å². The first-order valence-electron chi connectivity index (χ1n) is 6.87. The lowest BCUT2D eigenvalue weighted by Crippen LogP contribution is -2.33. The summed E-state index contributed by atoms with van der Waals surface area (Å²) >= 11 is 1.78. The molecular weight excluding hydrogens is 242 g/mol. The van der Waals surface area contributed by atoms with Gasteiger partial charge in [0.25, 0.3) is 0 Å². The number of carbonyl (C=O) groups excluding carboxylic acids is 1. The number of carbonyl (C=O) groups is 1. The van der Waals surface area contributed by atoms with Crippen molar-refractivity contribution in [3.63, 3.8) is 0 Å². The number of hydrogen-bond donors (Lipinski definition) is 1. The van der Waals surface area contributed by atoms with Gasteiger partial charge in [-0.05, 0) is 49.0 Å². The SMILES string of the molecule is CC1(C)CCC(NC(=O)CCCc2cccs2)C1. The van der Waals surface area contributed by atoms with Crippen LogP contribution in [0.2, 0.25) is 0 Å². The highest BCUT2D eigenvalue weighted by Gasteiger charge is 2.31. The first kappa shape index (κ1) is 13.6. The van der Waals surface area contributed by atoms with Gasteiger partial charge in [0.2, 0.25) is 5.91 Å². The zero-order valence-electron chi connectivity index (χ0n) is 11.4. The molecule has 1 aromatic heterocycles. The maximum Gasteiger partial charge on any atom is 0.220 e. The average molecular weight is 265 g/mol. The smallest absolute Gasteiger partial charge is 0.220 e. The van der Waals surface area contributed by atoms with Crippen LogP contribution in [0, 0.1) is 5.41 Å². The van der Waals surface area contributed by atoms with E-state index in [-0.39, 0.29) is 5.91 Å². The van der Waals surface area contributed by atoms with Crippen molar-refractivity contribution in [2.45, 2.75) is 58.4 Å². The zero-order chi connectivity index (χ0) is 13.0. The summed E-state index contributed by atoms with van der Waals surface area (Å²) in [6.07, 6.45) is 6.15. The number of nitrogens with one attached hydrogen (secondary N) is 1. The van der Waals surface area contributed by atoms with E-state index in [4.69, 9.17) is 0 Å². The highest BCUT2D eigenvalue weighted by molar-refractivity contribution is 7.09. The summed E-state index contributed by atoms with van der Waals surface area (Å²) < 4.78 is 0. The Balaban J connectivity index is 1.64. The summed E-state index contributed by atoms with van der Waals surface area (Å²) in [6, 6.07) is 4.62. The van der Waals surface area contributed by atoms with Gasteiger partial charge in [0, 0.05) is 17.3 Å². The van der Waals surface area contributed by atoms with Gasteiger partial charge in [-0.1, -0.05) is 19.9 Å². The summed E-state index contributed by atoms with van der Waals surface area (Å²) in [5, 5.41) is 5.27. The fourth-order valence-electron chi connectivity index (χ4n) is 2.74. The van der Waals surface area contributed by atoms with Gasteiger partial charge >= 0.3 is 0 Å². The van der Waals surface area contributed by atoms with Gasteiger partial charge in [0.1, 0.15) is 0 Å². The second-order valence-corrected chi connectivity index (χ2v) is 7.14. The molecule has 0 aromatic carbocycles. The van der Waals surface area contributed by atoms with Crippen LogP contribution in [0.25, 0.3) is 0 Å². The molecular formula is C15H23NOS. The molecule has 1 N–H and O–H groups in total. The number of aryl methyl sites for hydroxylation is 1. The Bertz CT molecular complexity index is 383. The van der Waals surface area contributed by atoms with Crippen molar-refractivity contribution in [2.75, 3.05) is 0 Å². The number of hydrogen-bond acceptors (Lipinski definition) is 2. The molecule has 3 heteroatoms. The van der Waals surface area contributed by atoms with Gasteiger partial charge in [0.15, 0.2) is 0 Å². The van der Waals surface area contributed by atoms with Crippen molar-refractivity contribution in [1.29, 1.82) is 0 Å².